The van der Waals surface area contributed by atoms with E-state index in [0.29, 0.717) is 0 Å². The highest BCUT2D eigenvalue weighted by atomic mass is 19.3. The zero-order valence-corrected chi connectivity index (χ0v) is 13.4. The fraction of sp³-hybridized carbons (Fsp3) is 0.857. The summed E-state index contributed by atoms with van der Waals surface area (Å²) in [5, 5.41) is 2.36. The van der Waals surface area contributed by atoms with E-state index in [9.17, 15) is 18.4 Å². The van der Waals surface area contributed by atoms with Crippen LogP contribution >= 0.6 is 0 Å². The van der Waals surface area contributed by atoms with Crippen LogP contribution in [0.2, 0.25) is 0 Å². The maximum Gasteiger partial charge on any atom is 0.410 e. The van der Waals surface area contributed by atoms with Crippen molar-refractivity contribution in [3.8, 4) is 0 Å². The summed E-state index contributed by atoms with van der Waals surface area (Å²) < 4.78 is 34.0. The van der Waals surface area contributed by atoms with Gasteiger partial charge in [0.1, 0.15) is 5.60 Å². The molecule has 2 saturated heterocycles. The number of nitrogens with one attached hydrogen (secondary N) is 1. The third kappa shape index (κ3) is 2.96. The third-order valence-corrected chi connectivity index (χ3v) is 4.17. The number of carbonyl (C=O) groups excluding carboxylic acids is 2. The van der Waals surface area contributed by atoms with Crippen molar-refractivity contribution in [3.05, 3.63) is 0 Å². The van der Waals surface area contributed by atoms with Crippen LogP contribution in [0.3, 0.4) is 0 Å². The van der Waals surface area contributed by atoms with Gasteiger partial charge in [-0.1, -0.05) is 0 Å². The molecule has 1 N–H and O–H groups in total. The molecule has 0 aromatic heterocycles. The fourth-order valence-electron chi connectivity index (χ4n) is 2.88. The summed E-state index contributed by atoms with van der Waals surface area (Å²) in [5.74, 6) is -3.02. The standard InChI is InChI=1S/C14H23F2N3O3/c1-12(2,3)22-11(21)19-7-13(8-19)5-6-18(10(20)17-4)9-14(13,15)16/h5-9H2,1-4H3,(H,17,20). The zero-order chi connectivity index (χ0) is 16.8. The van der Waals surface area contributed by atoms with Crippen LogP contribution in [-0.2, 0) is 4.74 Å². The summed E-state index contributed by atoms with van der Waals surface area (Å²) in [6.07, 6.45) is -0.394. The van der Waals surface area contributed by atoms with Gasteiger partial charge in [-0.25, -0.2) is 18.4 Å². The Labute approximate surface area is 128 Å². The predicted molar refractivity (Wildman–Crippen MR) is 75.8 cm³/mol. The molecule has 22 heavy (non-hydrogen) atoms. The van der Waals surface area contributed by atoms with Crippen LogP contribution in [-0.4, -0.2) is 66.7 Å². The first kappa shape index (κ1) is 16.8. The van der Waals surface area contributed by atoms with Gasteiger partial charge in [0.25, 0.3) is 5.92 Å². The molecule has 0 aromatic rings. The van der Waals surface area contributed by atoms with Crippen molar-refractivity contribution in [2.75, 3.05) is 33.2 Å². The number of nitrogens with zero attached hydrogens (tertiary/aromatic N) is 2. The lowest BCUT2D eigenvalue weighted by molar-refractivity contribution is -0.212. The molecule has 6 nitrogen and oxygen atoms in total. The predicted octanol–water partition coefficient (Wildman–Crippen LogP) is 1.90. The third-order valence-electron chi connectivity index (χ3n) is 4.17. The van der Waals surface area contributed by atoms with E-state index in [1.165, 1.54) is 11.9 Å². The molecule has 2 heterocycles. The SMILES string of the molecule is CNC(=O)N1CCC2(CN(C(=O)OC(C)(C)C)C2)C(F)(F)C1. The Morgan fingerprint density at radius 2 is 1.73 bits per heavy atom. The average Bonchev–Trinajstić information content (AvgIpc) is 2.31. The second-order valence-corrected chi connectivity index (χ2v) is 7.05. The van der Waals surface area contributed by atoms with Crippen molar-refractivity contribution in [1.82, 2.24) is 15.1 Å². The molecule has 3 amide bonds. The Morgan fingerprint density at radius 1 is 1.14 bits per heavy atom. The first-order valence-electron chi connectivity index (χ1n) is 7.32. The molecule has 0 radical (unpaired) electrons. The summed E-state index contributed by atoms with van der Waals surface area (Å²) in [7, 11) is 1.42. The lowest BCUT2D eigenvalue weighted by atomic mass is 9.69. The summed E-state index contributed by atoms with van der Waals surface area (Å²) in [6.45, 7) is 4.78. The second-order valence-electron chi connectivity index (χ2n) is 7.05. The van der Waals surface area contributed by atoms with E-state index in [-0.39, 0.29) is 26.1 Å². The van der Waals surface area contributed by atoms with Crippen molar-refractivity contribution in [3.63, 3.8) is 0 Å². The number of ether oxygens (including phenoxy) is 1. The largest absolute Gasteiger partial charge is 0.444 e. The summed E-state index contributed by atoms with van der Waals surface area (Å²) in [5.41, 5.74) is -1.89. The number of hydrogen-bond acceptors (Lipinski definition) is 3. The monoisotopic (exact) mass is 319 g/mol. The average molecular weight is 319 g/mol. The van der Waals surface area contributed by atoms with Crippen LogP contribution in [0.5, 0.6) is 0 Å². The maximum absolute atomic E-state index is 14.4. The molecule has 2 aliphatic heterocycles. The van der Waals surface area contributed by atoms with Gasteiger partial charge in [0.05, 0.1) is 12.0 Å². The van der Waals surface area contributed by atoms with Crippen molar-refractivity contribution < 1.29 is 23.1 Å². The van der Waals surface area contributed by atoms with Crippen molar-refractivity contribution in [2.24, 2.45) is 5.41 Å². The van der Waals surface area contributed by atoms with Gasteiger partial charge in [0.2, 0.25) is 0 Å². The van der Waals surface area contributed by atoms with E-state index in [2.05, 4.69) is 5.32 Å². The molecular weight excluding hydrogens is 296 g/mol. The molecule has 0 aliphatic carbocycles. The molecule has 8 heteroatoms. The molecule has 1 spiro atoms. The number of hydrogen-bond donors (Lipinski definition) is 1. The highest BCUT2D eigenvalue weighted by Gasteiger charge is 2.64. The van der Waals surface area contributed by atoms with E-state index in [1.54, 1.807) is 20.8 Å². The molecular formula is C14H23F2N3O3. The zero-order valence-electron chi connectivity index (χ0n) is 13.4. The van der Waals surface area contributed by atoms with Gasteiger partial charge >= 0.3 is 12.1 Å². The highest BCUT2D eigenvalue weighted by molar-refractivity contribution is 5.74. The fourth-order valence-corrected chi connectivity index (χ4v) is 2.88. The molecule has 0 aromatic carbocycles. The molecule has 2 fully saturated rings. The molecule has 0 bridgehead atoms. The Kier molecular flexibility index (Phi) is 3.99. The van der Waals surface area contributed by atoms with Gasteiger partial charge in [-0.15, -0.1) is 0 Å². The molecule has 2 aliphatic rings. The van der Waals surface area contributed by atoms with Crippen LogP contribution < -0.4 is 5.32 Å². The quantitative estimate of drug-likeness (QED) is 0.742. The number of alkyl halides is 2. The summed E-state index contributed by atoms with van der Waals surface area (Å²) >= 11 is 0. The van der Waals surface area contributed by atoms with Crippen LogP contribution in [0.15, 0.2) is 0 Å². The van der Waals surface area contributed by atoms with E-state index in [1.807, 2.05) is 0 Å². The lowest BCUT2D eigenvalue weighted by Gasteiger charge is -2.56. The second kappa shape index (κ2) is 5.24. The topological polar surface area (TPSA) is 61.9 Å². The Hall–Kier alpha value is -1.60. The summed E-state index contributed by atoms with van der Waals surface area (Å²) in [4.78, 5) is 25.8. The number of carbonyl (C=O) groups is 2. The number of amides is 3. The van der Waals surface area contributed by atoms with E-state index < -0.39 is 35.6 Å². The number of rotatable bonds is 0. The first-order chi connectivity index (χ1) is 10.00. The Balaban J connectivity index is 1.98. The highest BCUT2D eigenvalue weighted by Crippen LogP contribution is 2.50. The Morgan fingerprint density at radius 3 is 2.18 bits per heavy atom. The first-order valence-corrected chi connectivity index (χ1v) is 7.32. The molecule has 2 rings (SSSR count). The van der Waals surface area contributed by atoms with Crippen LogP contribution in [0.4, 0.5) is 18.4 Å². The van der Waals surface area contributed by atoms with E-state index in [0.717, 1.165) is 4.90 Å². The number of likely N-dealkylation sites (tertiary alicyclic amines) is 2. The van der Waals surface area contributed by atoms with Crippen LogP contribution in [0, 0.1) is 5.41 Å². The number of piperidine rings is 1. The van der Waals surface area contributed by atoms with Gasteiger partial charge in [-0.2, -0.15) is 0 Å². The van der Waals surface area contributed by atoms with Crippen LogP contribution in [0.1, 0.15) is 27.2 Å². The minimum Gasteiger partial charge on any atom is -0.444 e. The smallest absolute Gasteiger partial charge is 0.410 e. The van der Waals surface area contributed by atoms with Crippen molar-refractivity contribution in [2.45, 2.75) is 38.7 Å². The van der Waals surface area contributed by atoms with Gasteiger partial charge in [-0.05, 0) is 27.2 Å². The van der Waals surface area contributed by atoms with Gasteiger partial charge < -0.3 is 19.9 Å². The summed E-state index contributed by atoms with van der Waals surface area (Å²) in [6, 6.07) is -0.502. The molecule has 0 saturated carbocycles. The Bertz CT molecular complexity index is 470. The van der Waals surface area contributed by atoms with Crippen molar-refractivity contribution in [1.29, 1.82) is 0 Å². The number of urea groups is 1. The minimum absolute atomic E-state index is 0.0313. The molecule has 126 valence electrons. The normalized spacial score (nSPS) is 23.0. The molecule has 0 atom stereocenters. The van der Waals surface area contributed by atoms with Gasteiger partial charge in [0.15, 0.2) is 0 Å². The van der Waals surface area contributed by atoms with Gasteiger partial charge in [0, 0.05) is 26.7 Å². The number of halogens is 2. The van der Waals surface area contributed by atoms with E-state index in [4.69, 9.17) is 4.74 Å². The maximum atomic E-state index is 14.4. The van der Waals surface area contributed by atoms with Crippen LogP contribution in [0.25, 0.3) is 0 Å². The molecule has 0 unspecified atom stereocenters. The lowest BCUT2D eigenvalue weighted by Crippen LogP contribution is -2.71. The van der Waals surface area contributed by atoms with E-state index >= 15 is 0 Å². The minimum atomic E-state index is -3.02. The van der Waals surface area contributed by atoms with Gasteiger partial charge in [-0.3, -0.25) is 0 Å². The van der Waals surface area contributed by atoms with Crippen molar-refractivity contribution >= 4 is 12.1 Å².